The van der Waals surface area contributed by atoms with Gasteiger partial charge in [-0.05, 0) is 56.8 Å². The summed E-state index contributed by atoms with van der Waals surface area (Å²) in [6.07, 6.45) is 12.6. The average Bonchev–Trinajstić information content (AvgIpc) is 3.00. The predicted octanol–water partition coefficient (Wildman–Crippen LogP) is 3.31. The largest absolute Gasteiger partial charge is 0.480 e. The van der Waals surface area contributed by atoms with Crippen molar-refractivity contribution in [1.29, 1.82) is 0 Å². The Morgan fingerprint density at radius 1 is 0.846 bits per heavy atom. The zero-order chi connectivity index (χ0) is 17.4. The smallest absolute Gasteiger partial charge is 0.320 e. The summed E-state index contributed by atoms with van der Waals surface area (Å²) >= 11 is 0. The monoisotopic (exact) mass is 384 g/mol. The predicted molar refractivity (Wildman–Crippen MR) is 102 cm³/mol. The van der Waals surface area contributed by atoms with Crippen molar-refractivity contribution in [3.05, 3.63) is 0 Å². The van der Waals surface area contributed by atoms with Crippen molar-refractivity contribution in [1.82, 2.24) is 9.80 Å². The molecule has 2 saturated carbocycles. The average molecular weight is 385 g/mol. The lowest BCUT2D eigenvalue weighted by atomic mass is 9.78. The Morgan fingerprint density at radius 2 is 1.46 bits per heavy atom. The van der Waals surface area contributed by atoms with Crippen LogP contribution in [0.1, 0.15) is 70.6 Å². The van der Waals surface area contributed by atoms with E-state index in [0.717, 1.165) is 38.6 Å². The lowest BCUT2D eigenvalue weighted by Crippen LogP contribution is -2.54. The van der Waals surface area contributed by atoms with Gasteiger partial charge in [-0.3, -0.25) is 14.5 Å². The van der Waals surface area contributed by atoms with E-state index in [1.165, 1.54) is 38.5 Å². The quantitative estimate of drug-likeness (QED) is 0.810. The third-order valence-electron chi connectivity index (χ3n) is 7.39. The number of likely N-dealkylation sites (tertiary alicyclic amines) is 2. The molecular weight excluding hydrogens is 352 g/mol. The molecule has 0 bridgehead atoms. The minimum Gasteiger partial charge on any atom is -0.480 e. The molecule has 2 aliphatic heterocycles. The molecule has 1 N–H and O–H groups in total. The van der Waals surface area contributed by atoms with Crippen molar-refractivity contribution in [3.63, 3.8) is 0 Å². The molecule has 26 heavy (non-hydrogen) atoms. The molecule has 4 rings (SSSR count). The van der Waals surface area contributed by atoms with E-state index in [4.69, 9.17) is 0 Å². The van der Waals surface area contributed by atoms with Crippen LogP contribution < -0.4 is 0 Å². The number of carbonyl (C=O) groups excluding carboxylic acids is 1. The molecule has 148 valence electrons. The highest BCUT2D eigenvalue weighted by Gasteiger charge is 2.46. The summed E-state index contributed by atoms with van der Waals surface area (Å²) in [4.78, 5) is 29.1. The summed E-state index contributed by atoms with van der Waals surface area (Å²) in [6.45, 7) is 1.20. The Morgan fingerprint density at radius 3 is 2.19 bits per heavy atom. The Bertz CT molecular complexity index is 527. The Labute approximate surface area is 162 Å². The molecule has 5 unspecified atom stereocenters. The van der Waals surface area contributed by atoms with Gasteiger partial charge in [0, 0.05) is 18.6 Å². The van der Waals surface area contributed by atoms with Gasteiger partial charge in [-0.25, -0.2) is 0 Å². The number of hydrogen-bond donors (Lipinski definition) is 1. The number of carbonyl (C=O) groups is 2. The number of halogens is 1. The van der Waals surface area contributed by atoms with Gasteiger partial charge in [0.25, 0.3) is 0 Å². The molecule has 2 heterocycles. The number of hydrogen-bond acceptors (Lipinski definition) is 3. The van der Waals surface area contributed by atoms with Crippen LogP contribution >= 0.6 is 12.4 Å². The van der Waals surface area contributed by atoms with Crippen LogP contribution in [0.3, 0.4) is 0 Å². The second kappa shape index (κ2) is 8.47. The topological polar surface area (TPSA) is 60.9 Å². The maximum absolute atomic E-state index is 13.1. The highest BCUT2D eigenvalue weighted by Crippen LogP contribution is 2.40. The molecular formula is C20H33ClN2O3. The first-order valence-corrected chi connectivity index (χ1v) is 10.4. The fourth-order valence-corrected chi connectivity index (χ4v) is 6.20. The van der Waals surface area contributed by atoms with Gasteiger partial charge < -0.3 is 10.0 Å². The SMILES string of the molecule is Cl.O=C(O)C1CC2CCCCC2N1CC(=O)N1CCCC2CCCCC21. The number of rotatable bonds is 3. The first-order valence-electron chi connectivity index (χ1n) is 10.4. The molecule has 0 spiro atoms. The van der Waals surface area contributed by atoms with Crippen LogP contribution in [0, 0.1) is 11.8 Å². The molecule has 1 amide bonds. The zero-order valence-corrected chi connectivity index (χ0v) is 16.5. The van der Waals surface area contributed by atoms with Gasteiger partial charge in [-0.2, -0.15) is 0 Å². The highest BCUT2D eigenvalue weighted by molar-refractivity contribution is 5.85. The minimum atomic E-state index is -0.739. The maximum Gasteiger partial charge on any atom is 0.320 e. The van der Waals surface area contributed by atoms with Gasteiger partial charge in [0.2, 0.25) is 5.91 Å². The molecule has 0 aromatic heterocycles. The summed E-state index contributed by atoms with van der Waals surface area (Å²) in [5, 5.41) is 9.67. The van der Waals surface area contributed by atoms with E-state index in [2.05, 4.69) is 9.80 Å². The van der Waals surface area contributed by atoms with Crippen LogP contribution in [0.15, 0.2) is 0 Å². The third kappa shape index (κ3) is 3.75. The minimum absolute atomic E-state index is 0. The van der Waals surface area contributed by atoms with Crippen LogP contribution in [0.4, 0.5) is 0 Å². The van der Waals surface area contributed by atoms with Crippen molar-refractivity contribution in [2.75, 3.05) is 13.1 Å². The molecule has 6 heteroatoms. The fourth-order valence-electron chi connectivity index (χ4n) is 6.20. The summed E-state index contributed by atoms with van der Waals surface area (Å²) in [6, 6.07) is 0.276. The number of piperidine rings is 1. The van der Waals surface area contributed by atoms with Crippen LogP contribution in [0.25, 0.3) is 0 Å². The second-order valence-electron chi connectivity index (χ2n) is 8.72. The Balaban J connectivity index is 0.00000196. The third-order valence-corrected chi connectivity index (χ3v) is 7.39. The van der Waals surface area contributed by atoms with Crippen LogP contribution in [-0.4, -0.2) is 58.0 Å². The fraction of sp³-hybridized carbons (Fsp3) is 0.900. The molecule has 4 aliphatic rings. The van der Waals surface area contributed by atoms with Gasteiger partial charge >= 0.3 is 5.97 Å². The lowest BCUT2D eigenvalue weighted by Gasteiger charge is -2.45. The van der Waals surface area contributed by atoms with Crippen molar-refractivity contribution >= 4 is 24.3 Å². The van der Waals surface area contributed by atoms with Crippen LogP contribution in [0.5, 0.6) is 0 Å². The molecule has 2 aliphatic carbocycles. The van der Waals surface area contributed by atoms with E-state index < -0.39 is 12.0 Å². The van der Waals surface area contributed by atoms with Gasteiger partial charge in [0.15, 0.2) is 0 Å². The summed E-state index contributed by atoms with van der Waals surface area (Å²) in [5.74, 6) is 0.611. The number of fused-ring (bicyclic) bond motifs is 2. The Hall–Kier alpha value is -0.810. The van der Waals surface area contributed by atoms with Crippen molar-refractivity contribution in [2.45, 2.75) is 88.8 Å². The first-order chi connectivity index (χ1) is 12.1. The number of carboxylic acid groups (broad SMARTS) is 1. The van der Waals surface area contributed by atoms with Crippen molar-refractivity contribution in [3.8, 4) is 0 Å². The number of aliphatic carboxylic acids is 1. The van der Waals surface area contributed by atoms with Gasteiger partial charge in [0.05, 0.1) is 6.54 Å². The standard InChI is InChI=1S/C20H32N2O3.ClH/c23-19(21-11-5-8-14-6-1-3-9-16(14)21)13-22-17-10-4-2-7-15(17)12-18(22)20(24)25;/h14-18H,1-13H2,(H,24,25);1H. The number of carboxylic acids is 1. The molecule has 0 aromatic rings. The van der Waals surface area contributed by atoms with Gasteiger partial charge in [0.1, 0.15) is 6.04 Å². The maximum atomic E-state index is 13.1. The summed E-state index contributed by atoms with van der Waals surface area (Å²) < 4.78 is 0. The molecule has 0 aromatic carbocycles. The van der Waals surface area contributed by atoms with E-state index >= 15 is 0 Å². The van der Waals surface area contributed by atoms with E-state index in [1.807, 2.05) is 0 Å². The summed E-state index contributed by atoms with van der Waals surface area (Å²) in [7, 11) is 0. The van der Waals surface area contributed by atoms with Crippen LogP contribution in [-0.2, 0) is 9.59 Å². The van der Waals surface area contributed by atoms with Gasteiger partial charge in [-0.15, -0.1) is 12.4 Å². The van der Waals surface area contributed by atoms with Crippen LogP contribution in [0.2, 0.25) is 0 Å². The summed E-state index contributed by atoms with van der Waals surface area (Å²) in [5.41, 5.74) is 0. The van der Waals surface area contributed by atoms with Crippen molar-refractivity contribution < 1.29 is 14.7 Å². The molecule has 5 atom stereocenters. The van der Waals surface area contributed by atoms with E-state index in [1.54, 1.807) is 0 Å². The molecule has 2 saturated heterocycles. The molecule has 4 fully saturated rings. The van der Waals surface area contributed by atoms with E-state index in [0.29, 0.717) is 30.5 Å². The van der Waals surface area contributed by atoms with Gasteiger partial charge in [-0.1, -0.05) is 25.7 Å². The zero-order valence-electron chi connectivity index (χ0n) is 15.6. The van der Waals surface area contributed by atoms with E-state index in [-0.39, 0.29) is 18.3 Å². The highest BCUT2D eigenvalue weighted by atomic mass is 35.5. The molecule has 0 radical (unpaired) electrons. The molecule has 5 nitrogen and oxygen atoms in total. The number of nitrogens with zero attached hydrogens (tertiary/aromatic N) is 2. The second-order valence-corrected chi connectivity index (χ2v) is 8.72. The Kier molecular flexibility index (Phi) is 6.50. The lowest BCUT2D eigenvalue weighted by molar-refractivity contribution is -0.146. The van der Waals surface area contributed by atoms with E-state index in [9.17, 15) is 14.7 Å². The van der Waals surface area contributed by atoms with Crippen molar-refractivity contribution in [2.24, 2.45) is 11.8 Å². The normalized spacial score (nSPS) is 37.4. The number of amides is 1. The first kappa shape index (κ1) is 19.9.